The molecule has 1 unspecified atom stereocenters. The van der Waals surface area contributed by atoms with Crippen molar-refractivity contribution in [3.63, 3.8) is 0 Å². The summed E-state index contributed by atoms with van der Waals surface area (Å²) >= 11 is 1.81. The molecule has 0 saturated heterocycles. The quantitative estimate of drug-likeness (QED) is 0.198. The van der Waals surface area contributed by atoms with Crippen LogP contribution in [0.25, 0.3) is 86.3 Å². The van der Waals surface area contributed by atoms with E-state index in [1.165, 1.54) is 58.6 Å². The molecule has 0 radical (unpaired) electrons. The summed E-state index contributed by atoms with van der Waals surface area (Å²) in [6.45, 7) is 0. The summed E-state index contributed by atoms with van der Waals surface area (Å²) in [5.74, 6) is 1.54. The molecule has 0 fully saturated rings. The van der Waals surface area contributed by atoms with Gasteiger partial charge in [0.15, 0.2) is 5.84 Å². The van der Waals surface area contributed by atoms with Crippen molar-refractivity contribution >= 4 is 75.9 Å². The Morgan fingerprint density at radius 1 is 0.481 bits per heavy atom. The molecule has 10 aromatic rings. The van der Waals surface area contributed by atoms with Crippen LogP contribution in [-0.2, 0) is 0 Å². The normalized spacial score (nSPS) is 14.9. The van der Waals surface area contributed by atoms with Crippen LogP contribution < -0.4 is 5.32 Å². The Morgan fingerprint density at radius 3 is 2.09 bits per heavy atom. The Kier molecular flexibility index (Phi) is 6.24. The largest absolute Gasteiger partial charge is 0.456 e. The summed E-state index contributed by atoms with van der Waals surface area (Å²) in [5.41, 5.74) is 12.3. The van der Waals surface area contributed by atoms with Crippen molar-refractivity contribution in [2.45, 2.75) is 6.17 Å². The van der Waals surface area contributed by atoms with Crippen molar-refractivity contribution in [2.24, 2.45) is 9.98 Å². The highest BCUT2D eigenvalue weighted by Crippen LogP contribution is 2.51. The molecule has 1 N–H and O–H groups in total. The summed E-state index contributed by atoms with van der Waals surface area (Å²) < 4.78 is 9.06. The summed E-state index contributed by atoms with van der Waals surface area (Å²) in [5, 5.41) is 11.1. The maximum atomic E-state index is 6.57. The zero-order valence-electron chi connectivity index (χ0n) is 28.9. The molecule has 12 rings (SSSR count). The van der Waals surface area contributed by atoms with Gasteiger partial charge in [-0.15, -0.1) is 11.3 Å². The number of hydrogen-bond acceptors (Lipinski definition) is 5. The molecule has 0 amide bonds. The van der Waals surface area contributed by atoms with Crippen molar-refractivity contribution in [1.29, 1.82) is 0 Å². The van der Waals surface area contributed by atoms with E-state index in [-0.39, 0.29) is 6.17 Å². The second-order valence-electron chi connectivity index (χ2n) is 14.1. The van der Waals surface area contributed by atoms with E-state index in [2.05, 4.69) is 151 Å². The van der Waals surface area contributed by atoms with Gasteiger partial charge in [-0.05, 0) is 86.1 Å². The molecule has 252 valence electrons. The number of nitrogens with zero attached hydrogens (tertiary/aromatic N) is 2. The van der Waals surface area contributed by atoms with Gasteiger partial charge < -0.3 is 9.73 Å². The molecule has 1 atom stereocenters. The minimum absolute atomic E-state index is 0.334. The lowest BCUT2D eigenvalue weighted by Crippen LogP contribution is -2.33. The number of aliphatic imine (C=N–C) groups is 2. The van der Waals surface area contributed by atoms with Crippen molar-refractivity contribution in [3.8, 4) is 33.4 Å². The average molecular weight is 708 g/mol. The van der Waals surface area contributed by atoms with E-state index < -0.39 is 0 Å². The third kappa shape index (κ3) is 4.36. The van der Waals surface area contributed by atoms with Gasteiger partial charge >= 0.3 is 0 Å². The lowest BCUT2D eigenvalue weighted by Gasteiger charge is -2.24. The molecule has 3 heterocycles. The van der Waals surface area contributed by atoms with Crippen molar-refractivity contribution in [2.75, 3.05) is 0 Å². The topological polar surface area (TPSA) is 49.9 Å². The molecule has 5 heteroatoms. The van der Waals surface area contributed by atoms with E-state index in [0.29, 0.717) is 5.84 Å². The molecule has 2 aromatic heterocycles. The van der Waals surface area contributed by atoms with Crippen molar-refractivity contribution in [1.82, 2.24) is 5.32 Å². The van der Waals surface area contributed by atoms with E-state index in [0.717, 1.165) is 50.2 Å². The minimum Gasteiger partial charge on any atom is -0.456 e. The fraction of sp³-hybridized carbons (Fsp3) is 0.0204. The molecule has 0 bridgehead atoms. The standard InChI is InChI=1S/C49H29N3OS/c1-2-11-28(12-3-1)47-50-48(52-49(51-47)38-21-10-19-36-34-17-6-7-22-43(34)54-46(36)38)31-14-8-13-29(25-31)30-23-24-41-40(26-30)45-37-20-9-18-35-32-15-4-5-16-33(32)39(44(35)37)27-42(45)53-41/h1-27,48H,(H,50,51,52). The van der Waals surface area contributed by atoms with Gasteiger partial charge in [0.1, 0.15) is 23.2 Å². The van der Waals surface area contributed by atoms with E-state index in [4.69, 9.17) is 14.4 Å². The summed E-state index contributed by atoms with van der Waals surface area (Å²) in [6, 6.07) is 58.3. The number of thiophene rings is 1. The summed E-state index contributed by atoms with van der Waals surface area (Å²) in [4.78, 5) is 10.4. The first-order chi connectivity index (χ1) is 26.7. The predicted octanol–water partition coefficient (Wildman–Crippen LogP) is 12.9. The number of rotatable bonds is 4. The molecular formula is C49H29N3OS. The molecule has 4 nitrogen and oxygen atoms in total. The number of hydrogen-bond donors (Lipinski definition) is 1. The van der Waals surface area contributed by atoms with Crippen molar-refractivity contribution < 1.29 is 4.42 Å². The Morgan fingerprint density at radius 2 is 1.19 bits per heavy atom. The first kappa shape index (κ1) is 29.7. The van der Waals surface area contributed by atoms with Crippen LogP contribution in [0.5, 0.6) is 0 Å². The molecule has 8 aromatic carbocycles. The van der Waals surface area contributed by atoms with Gasteiger partial charge in [-0.25, -0.2) is 9.98 Å². The number of fused-ring (bicyclic) bond motifs is 10. The smallest absolute Gasteiger partial charge is 0.159 e. The van der Waals surface area contributed by atoms with E-state index >= 15 is 0 Å². The first-order valence-corrected chi connectivity index (χ1v) is 19.1. The number of furan rings is 1. The molecule has 1 aliphatic heterocycles. The SMILES string of the molecule is c1ccc(C2=NC(c3cccc(-c4ccc5oc6cc7c8c(cccc8c6c5c4)-c4ccccc4-7)c3)NC(c3cccc4c3sc3ccccc34)=N2)cc1. The van der Waals surface area contributed by atoms with E-state index in [1.807, 2.05) is 29.5 Å². The highest BCUT2D eigenvalue weighted by Gasteiger charge is 2.26. The maximum absolute atomic E-state index is 6.57. The Bertz CT molecular complexity index is 3260. The van der Waals surface area contributed by atoms with Gasteiger partial charge in [0.05, 0.1) is 0 Å². The molecule has 54 heavy (non-hydrogen) atoms. The van der Waals surface area contributed by atoms with Gasteiger partial charge in [-0.3, -0.25) is 0 Å². The van der Waals surface area contributed by atoms with Crippen LogP contribution in [0.2, 0.25) is 0 Å². The van der Waals surface area contributed by atoms with Gasteiger partial charge in [0.2, 0.25) is 0 Å². The number of amidine groups is 2. The van der Waals surface area contributed by atoms with Crippen molar-refractivity contribution in [3.05, 3.63) is 180 Å². The van der Waals surface area contributed by atoms with Gasteiger partial charge in [-0.1, -0.05) is 127 Å². The van der Waals surface area contributed by atoms with Crippen LogP contribution >= 0.6 is 11.3 Å². The third-order valence-corrected chi connectivity index (χ3v) is 12.3. The van der Waals surface area contributed by atoms with Gasteiger partial charge in [-0.2, -0.15) is 0 Å². The lowest BCUT2D eigenvalue weighted by molar-refractivity contribution is 0.669. The minimum atomic E-state index is -0.334. The Labute approximate surface area is 314 Å². The number of benzene rings is 8. The van der Waals surface area contributed by atoms with Crippen LogP contribution in [0.15, 0.2) is 178 Å². The zero-order valence-corrected chi connectivity index (χ0v) is 29.7. The molecule has 0 saturated carbocycles. The number of nitrogens with one attached hydrogen (secondary N) is 1. The van der Waals surface area contributed by atoms with Crippen LogP contribution in [0.4, 0.5) is 0 Å². The molecular weight excluding hydrogens is 679 g/mol. The molecule has 0 spiro atoms. The highest BCUT2D eigenvalue weighted by molar-refractivity contribution is 7.26. The monoisotopic (exact) mass is 707 g/mol. The Hall–Kier alpha value is -6.82. The van der Waals surface area contributed by atoms with Crippen LogP contribution in [0.3, 0.4) is 0 Å². The first-order valence-electron chi connectivity index (χ1n) is 18.3. The fourth-order valence-electron chi connectivity index (χ4n) is 8.61. The van der Waals surface area contributed by atoms with Crippen LogP contribution in [0, 0.1) is 0 Å². The van der Waals surface area contributed by atoms with Gasteiger partial charge in [0.25, 0.3) is 0 Å². The lowest BCUT2D eigenvalue weighted by atomic mass is 9.96. The molecule has 1 aliphatic carbocycles. The van der Waals surface area contributed by atoms with E-state index in [1.54, 1.807) is 0 Å². The van der Waals surface area contributed by atoms with Gasteiger partial charge in [0, 0.05) is 42.1 Å². The summed E-state index contributed by atoms with van der Waals surface area (Å²) in [7, 11) is 0. The Balaban J connectivity index is 0.978. The molecule has 2 aliphatic rings. The van der Waals surface area contributed by atoms with Crippen LogP contribution in [0.1, 0.15) is 22.9 Å². The summed E-state index contributed by atoms with van der Waals surface area (Å²) in [6.07, 6.45) is -0.334. The second-order valence-corrected chi connectivity index (χ2v) is 15.2. The second kappa shape index (κ2) is 11.3. The average Bonchev–Trinajstić information content (AvgIpc) is 3.91. The zero-order chi connectivity index (χ0) is 35.3. The van der Waals surface area contributed by atoms with Crippen LogP contribution in [-0.4, -0.2) is 11.7 Å². The third-order valence-electron chi connectivity index (χ3n) is 11.1. The highest BCUT2D eigenvalue weighted by atomic mass is 32.1. The maximum Gasteiger partial charge on any atom is 0.159 e. The fourth-order valence-corrected chi connectivity index (χ4v) is 9.83. The van der Waals surface area contributed by atoms with E-state index in [9.17, 15) is 0 Å². The predicted molar refractivity (Wildman–Crippen MR) is 226 cm³/mol.